The number of benzene rings is 5. The number of nitrogens with one attached hydrogen (secondary N) is 2. The van der Waals surface area contributed by atoms with Crippen molar-refractivity contribution in [3.8, 4) is 0 Å². The Labute approximate surface area is 407 Å². The second kappa shape index (κ2) is 30.7. The van der Waals surface area contributed by atoms with E-state index in [1.165, 1.54) is 209 Å². The van der Waals surface area contributed by atoms with E-state index in [1.807, 2.05) is 48.5 Å². The van der Waals surface area contributed by atoms with E-state index >= 15 is 0 Å². The second-order valence-corrected chi connectivity index (χ2v) is 20.0. The van der Waals surface area contributed by atoms with Crippen molar-refractivity contribution in [2.45, 2.75) is 225 Å². The fourth-order valence-electron chi connectivity index (χ4n) is 10.3. The third kappa shape index (κ3) is 17.8. The molecule has 0 amide bonds. The van der Waals surface area contributed by atoms with Crippen LogP contribution in [0.1, 0.15) is 219 Å². The minimum absolute atomic E-state index is 0.224. The quantitative estimate of drug-likeness (QED) is 0.0310. The molecule has 0 bridgehead atoms. The molecule has 67 heavy (non-hydrogen) atoms. The van der Waals surface area contributed by atoms with E-state index in [-0.39, 0.29) is 5.66 Å². The van der Waals surface area contributed by atoms with Crippen molar-refractivity contribution >= 4 is 55.7 Å². The summed E-state index contributed by atoms with van der Waals surface area (Å²) in [5, 5.41) is 31.9. The fourth-order valence-corrected chi connectivity index (χ4v) is 10.3. The highest BCUT2D eigenvalue weighted by molar-refractivity contribution is 6.09. The number of azo groups is 2. The molecule has 0 aromatic heterocycles. The molecule has 5 aromatic rings. The molecule has 6 heteroatoms. The van der Waals surface area contributed by atoms with Gasteiger partial charge in [-0.15, -0.1) is 15.3 Å². The summed E-state index contributed by atoms with van der Waals surface area (Å²) in [5.74, 6) is 0. The van der Waals surface area contributed by atoms with Crippen LogP contribution in [0.15, 0.2) is 118 Å². The summed E-state index contributed by atoms with van der Waals surface area (Å²) in [7, 11) is 0. The van der Waals surface area contributed by atoms with Gasteiger partial charge < -0.3 is 10.6 Å². The van der Waals surface area contributed by atoms with Crippen LogP contribution < -0.4 is 10.6 Å². The first-order valence-electron chi connectivity index (χ1n) is 27.7. The van der Waals surface area contributed by atoms with Crippen molar-refractivity contribution in [1.29, 1.82) is 0 Å². The molecule has 1 aliphatic rings. The van der Waals surface area contributed by atoms with Crippen LogP contribution in [-0.2, 0) is 0 Å². The topological polar surface area (TPSA) is 73.5 Å². The molecule has 0 radical (unpaired) electrons. The molecule has 0 saturated heterocycles. The average Bonchev–Trinajstić information content (AvgIpc) is 3.36. The van der Waals surface area contributed by atoms with E-state index in [0.717, 1.165) is 52.1 Å². The third-order valence-corrected chi connectivity index (χ3v) is 14.3. The first-order valence-corrected chi connectivity index (χ1v) is 27.7. The minimum atomic E-state index is -0.224. The highest BCUT2D eigenvalue weighted by Crippen LogP contribution is 2.46. The Morgan fingerprint density at radius 1 is 0.343 bits per heavy atom. The lowest BCUT2D eigenvalue weighted by atomic mass is 9.89. The summed E-state index contributed by atoms with van der Waals surface area (Å²) >= 11 is 0. The number of fused-ring (bicyclic) bond motifs is 1. The Hall–Kier alpha value is -4.58. The molecule has 2 N–H and O–H groups in total. The molecule has 0 saturated carbocycles. The van der Waals surface area contributed by atoms with E-state index in [4.69, 9.17) is 10.2 Å². The fraction of sp³-hybridized carbons (Fsp3) is 0.574. The predicted molar refractivity (Wildman–Crippen MR) is 292 cm³/mol. The van der Waals surface area contributed by atoms with Crippen molar-refractivity contribution in [2.24, 2.45) is 20.5 Å². The first-order chi connectivity index (χ1) is 33.2. The summed E-state index contributed by atoms with van der Waals surface area (Å²) in [6, 6.07) is 33.3. The van der Waals surface area contributed by atoms with Gasteiger partial charge >= 0.3 is 0 Å². The number of rotatable bonds is 36. The molecule has 5 aromatic carbocycles. The maximum absolute atomic E-state index is 5.05. The SMILES string of the molecule is CCCCCCCCCCCCCCCCCC1(CCCCCCCCCCCCCCCCC)Nc2cccc3ccc(N=Nc4ccc(N=Nc5ccccc5)c5ccccc45)c(c23)N1. The largest absolute Gasteiger partial charge is 0.362 e. The second-order valence-electron chi connectivity index (χ2n) is 20.0. The minimum Gasteiger partial charge on any atom is -0.362 e. The van der Waals surface area contributed by atoms with E-state index in [2.05, 4.69) is 83.2 Å². The Morgan fingerprint density at radius 2 is 0.746 bits per heavy atom. The highest BCUT2D eigenvalue weighted by Gasteiger charge is 2.35. The van der Waals surface area contributed by atoms with Gasteiger partial charge in [0.15, 0.2) is 0 Å². The van der Waals surface area contributed by atoms with Crippen LogP contribution in [0.4, 0.5) is 34.1 Å². The molecule has 362 valence electrons. The molecule has 0 fully saturated rings. The Balaban J connectivity index is 1.06. The van der Waals surface area contributed by atoms with Crippen molar-refractivity contribution in [3.63, 3.8) is 0 Å². The molecule has 0 unspecified atom stereocenters. The zero-order valence-corrected chi connectivity index (χ0v) is 42.2. The van der Waals surface area contributed by atoms with Gasteiger partial charge in [0.2, 0.25) is 0 Å². The standard InChI is InChI=1S/C61H88N6/c1-3-5-7-9-11-13-15-17-19-21-23-25-27-29-36-49-61(50-37-30-28-26-24-22-20-18-16-14-12-10-8-6-4-2)62-57-44-38-39-51-45-46-58(60(63-61)59(51)57)67-66-56-48-47-55(53-42-34-35-43-54(53)56)65-64-52-40-32-31-33-41-52/h31-35,38-48,62-63H,3-30,36-37,49-50H2,1-2H3. The Kier molecular flexibility index (Phi) is 23.8. The summed E-state index contributed by atoms with van der Waals surface area (Å²) in [6.07, 6.45) is 43.7. The van der Waals surface area contributed by atoms with E-state index in [1.54, 1.807) is 0 Å². The van der Waals surface area contributed by atoms with Crippen molar-refractivity contribution in [3.05, 3.63) is 97.1 Å². The van der Waals surface area contributed by atoms with Gasteiger partial charge in [0.05, 0.1) is 22.7 Å². The number of anilines is 2. The first kappa shape index (κ1) is 51.8. The van der Waals surface area contributed by atoms with E-state index < -0.39 is 0 Å². The smallest absolute Gasteiger partial charge is 0.110 e. The Bertz CT molecular complexity index is 2140. The summed E-state index contributed by atoms with van der Waals surface area (Å²) < 4.78 is 0. The Morgan fingerprint density at radius 3 is 1.22 bits per heavy atom. The summed E-state index contributed by atoms with van der Waals surface area (Å²) in [5.41, 5.74) is 5.45. The monoisotopic (exact) mass is 905 g/mol. The molecule has 6 rings (SSSR count). The number of hydrogen-bond acceptors (Lipinski definition) is 6. The lowest BCUT2D eigenvalue weighted by molar-refractivity contribution is 0.401. The van der Waals surface area contributed by atoms with Crippen LogP contribution in [-0.4, -0.2) is 5.66 Å². The number of hydrogen-bond donors (Lipinski definition) is 2. The zero-order chi connectivity index (χ0) is 46.5. The van der Waals surface area contributed by atoms with Crippen molar-refractivity contribution in [1.82, 2.24) is 0 Å². The number of unbranched alkanes of at least 4 members (excludes halogenated alkanes) is 28. The van der Waals surface area contributed by atoms with Crippen LogP contribution in [0.2, 0.25) is 0 Å². The van der Waals surface area contributed by atoms with Crippen LogP contribution in [0.25, 0.3) is 21.5 Å². The van der Waals surface area contributed by atoms with Gasteiger partial charge in [0.25, 0.3) is 0 Å². The maximum Gasteiger partial charge on any atom is 0.110 e. The lowest BCUT2D eigenvalue weighted by Crippen LogP contribution is -2.48. The molecule has 0 spiro atoms. The molecule has 6 nitrogen and oxygen atoms in total. The van der Waals surface area contributed by atoms with Gasteiger partial charge in [-0.1, -0.05) is 254 Å². The zero-order valence-electron chi connectivity index (χ0n) is 42.2. The normalized spacial score (nSPS) is 13.3. The third-order valence-electron chi connectivity index (χ3n) is 14.3. The van der Waals surface area contributed by atoms with Gasteiger partial charge in [-0.05, 0) is 67.5 Å². The van der Waals surface area contributed by atoms with Gasteiger partial charge in [-0.25, -0.2) is 0 Å². The molecular weight excluding hydrogens is 817 g/mol. The van der Waals surface area contributed by atoms with E-state index in [0.29, 0.717) is 0 Å². The lowest BCUT2D eigenvalue weighted by Gasteiger charge is -2.42. The van der Waals surface area contributed by atoms with Gasteiger partial charge in [0, 0.05) is 21.8 Å². The van der Waals surface area contributed by atoms with Gasteiger partial charge in [0.1, 0.15) is 11.4 Å². The predicted octanol–water partition coefficient (Wildman–Crippen LogP) is 21.9. The van der Waals surface area contributed by atoms with Gasteiger partial charge in [-0.2, -0.15) is 5.11 Å². The highest BCUT2D eigenvalue weighted by atomic mass is 15.2. The van der Waals surface area contributed by atoms with Crippen LogP contribution in [0.3, 0.4) is 0 Å². The molecule has 0 aliphatic carbocycles. The van der Waals surface area contributed by atoms with Crippen molar-refractivity contribution < 1.29 is 0 Å². The van der Waals surface area contributed by atoms with E-state index in [9.17, 15) is 0 Å². The molecular formula is C61H88N6. The van der Waals surface area contributed by atoms with Crippen LogP contribution >= 0.6 is 0 Å². The number of nitrogens with zero attached hydrogens (tertiary/aromatic N) is 4. The van der Waals surface area contributed by atoms with Crippen molar-refractivity contribution in [2.75, 3.05) is 10.6 Å². The average molecular weight is 905 g/mol. The molecule has 1 aliphatic heterocycles. The van der Waals surface area contributed by atoms with Gasteiger partial charge in [-0.3, -0.25) is 0 Å². The van der Waals surface area contributed by atoms with Crippen LogP contribution in [0.5, 0.6) is 0 Å². The maximum atomic E-state index is 5.05. The van der Waals surface area contributed by atoms with Crippen LogP contribution in [0, 0.1) is 0 Å². The molecule has 0 atom stereocenters. The summed E-state index contributed by atoms with van der Waals surface area (Å²) in [4.78, 5) is 0. The summed E-state index contributed by atoms with van der Waals surface area (Å²) in [6.45, 7) is 4.61. The molecule has 1 heterocycles.